The van der Waals surface area contributed by atoms with Gasteiger partial charge in [0.15, 0.2) is 0 Å². The van der Waals surface area contributed by atoms with Crippen LogP contribution in [0, 0.1) is 11.8 Å². The predicted molar refractivity (Wildman–Crippen MR) is 116 cm³/mol. The summed E-state index contributed by atoms with van der Waals surface area (Å²) >= 11 is 0. The maximum absolute atomic E-state index is 13.1. The fourth-order valence-corrected chi connectivity index (χ4v) is 4.72. The minimum absolute atomic E-state index is 0.0397. The average molecular weight is 409 g/mol. The summed E-state index contributed by atoms with van der Waals surface area (Å²) in [4.78, 5) is 29.4. The molecule has 2 aliphatic heterocycles. The van der Waals surface area contributed by atoms with Crippen molar-refractivity contribution in [2.75, 3.05) is 26.2 Å². The van der Waals surface area contributed by atoms with E-state index >= 15 is 0 Å². The molecule has 160 valence electrons. The quantitative estimate of drug-likeness (QED) is 0.708. The molecular formula is C24H32N4O2. The summed E-state index contributed by atoms with van der Waals surface area (Å²) in [7, 11) is 0. The van der Waals surface area contributed by atoms with E-state index in [-0.39, 0.29) is 17.7 Å². The number of likely N-dealkylation sites (tertiary alicyclic amines) is 2. The predicted octanol–water partition coefficient (Wildman–Crippen LogP) is 2.99. The number of aryl methyl sites for hydroxylation is 1. The van der Waals surface area contributed by atoms with Crippen LogP contribution in [-0.4, -0.2) is 57.6 Å². The molecule has 0 saturated carbocycles. The van der Waals surface area contributed by atoms with E-state index in [9.17, 15) is 9.59 Å². The summed E-state index contributed by atoms with van der Waals surface area (Å²) in [5, 5.41) is 4.30. The second kappa shape index (κ2) is 9.92. The van der Waals surface area contributed by atoms with Crippen LogP contribution in [0.5, 0.6) is 0 Å². The third-order valence-corrected chi connectivity index (χ3v) is 6.52. The second-order valence-electron chi connectivity index (χ2n) is 8.66. The molecule has 0 aliphatic carbocycles. The number of carbonyl (C=O) groups excluding carboxylic acids is 2. The molecule has 2 aromatic rings. The zero-order chi connectivity index (χ0) is 20.8. The van der Waals surface area contributed by atoms with E-state index in [1.54, 1.807) is 0 Å². The topological polar surface area (TPSA) is 58.4 Å². The Balaban J connectivity index is 1.23. The molecule has 3 heterocycles. The van der Waals surface area contributed by atoms with Crippen LogP contribution in [0.1, 0.15) is 37.7 Å². The normalized spacial score (nSPS) is 20.5. The fourth-order valence-electron chi connectivity index (χ4n) is 4.72. The lowest BCUT2D eigenvalue weighted by molar-refractivity contribution is -0.144. The van der Waals surface area contributed by atoms with Crippen molar-refractivity contribution in [2.24, 2.45) is 11.8 Å². The van der Waals surface area contributed by atoms with Gasteiger partial charge in [0, 0.05) is 51.5 Å². The van der Waals surface area contributed by atoms with E-state index in [1.165, 1.54) is 5.56 Å². The van der Waals surface area contributed by atoms with E-state index in [1.807, 2.05) is 51.1 Å². The highest BCUT2D eigenvalue weighted by Crippen LogP contribution is 2.25. The Morgan fingerprint density at radius 3 is 2.60 bits per heavy atom. The lowest BCUT2D eigenvalue weighted by atomic mass is 9.92. The SMILES string of the molecule is O=C1CC[C@H](C(=O)N2CCC(Cn3cccn3)CC2)CN1CCCc1ccccc1. The summed E-state index contributed by atoms with van der Waals surface area (Å²) in [5.41, 5.74) is 1.30. The van der Waals surface area contributed by atoms with Gasteiger partial charge in [-0.25, -0.2) is 0 Å². The largest absolute Gasteiger partial charge is 0.342 e. The molecule has 6 heteroatoms. The highest BCUT2D eigenvalue weighted by Gasteiger charge is 2.34. The first-order valence-corrected chi connectivity index (χ1v) is 11.3. The molecule has 30 heavy (non-hydrogen) atoms. The number of hydrogen-bond donors (Lipinski definition) is 0. The molecule has 2 saturated heterocycles. The summed E-state index contributed by atoms with van der Waals surface area (Å²) < 4.78 is 1.99. The van der Waals surface area contributed by atoms with E-state index in [0.717, 1.165) is 51.9 Å². The van der Waals surface area contributed by atoms with Crippen LogP contribution in [0.3, 0.4) is 0 Å². The molecule has 0 spiro atoms. The summed E-state index contributed by atoms with van der Waals surface area (Å²) in [6.07, 6.45) is 8.97. The van der Waals surface area contributed by atoms with Crippen LogP contribution in [-0.2, 0) is 22.6 Å². The highest BCUT2D eigenvalue weighted by molar-refractivity contribution is 5.84. The van der Waals surface area contributed by atoms with E-state index < -0.39 is 0 Å². The van der Waals surface area contributed by atoms with Crippen LogP contribution >= 0.6 is 0 Å². The number of hydrogen-bond acceptors (Lipinski definition) is 3. The lowest BCUT2D eigenvalue weighted by Crippen LogP contribution is -2.49. The molecule has 0 radical (unpaired) electrons. The maximum atomic E-state index is 13.1. The van der Waals surface area contributed by atoms with E-state index in [2.05, 4.69) is 17.2 Å². The smallest absolute Gasteiger partial charge is 0.227 e. The minimum atomic E-state index is -0.0397. The molecule has 0 bridgehead atoms. The van der Waals surface area contributed by atoms with Crippen molar-refractivity contribution < 1.29 is 9.59 Å². The number of piperidine rings is 2. The van der Waals surface area contributed by atoms with Crippen molar-refractivity contribution in [3.63, 3.8) is 0 Å². The number of nitrogens with zero attached hydrogens (tertiary/aromatic N) is 4. The van der Waals surface area contributed by atoms with Gasteiger partial charge < -0.3 is 9.80 Å². The molecular weight excluding hydrogens is 376 g/mol. The Morgan fingerprint density at radius 1 is 1.07 bits per heavy atom. The maximum Gasteiger partial charge on any atom is 0.227 e. The Hall–Kier alpha value is -2.63. The summed E-state index contributed by atoms with van der Waals surface area (Å²) in [6.45, 7) is 3.90. The first-order chi connectivity index (χ1) is 14.7. The van der Waals surface area contributed by atoms with Gasteiger partial charge in [-0.1, -0.05) is 30.3 Å². The Morgan fingerprint density at radius 2 is 1.87 bits per heavy atom. The Kier molecular flexibility index (Phi) is 6.82. The highest BCUT2D eigenvalue weighted by atomic mass is 16.2. The molecule has 2 aliphatic rings. The monoisotopic (exact) mass is 408 g/mol. The number of benzene rings is 1. The van der Waals surface area contributed by atoms with Crippen molar-refractivity contribution in [1.29, 1.82) is 0 Å². The van der Waals surface area contributed by atoms with E-state index in [0.29, 0.717) is 25.3 Å². The molecule has 6 nitrogen and oxygen atoms in total. The van der Waals surface area contributed by atoms with Crippen LogP contribution in [0.2, 0.25) is 0 Å². The van der Waals surface area contributed by atoms with Crippen LogP contribution < -0.4 is 0 Å². The van der Waals surface area contributed by atoms with Gasteiger partial charge in [-0.05, 0) is 49.7 Å². The van der Waals surface area contributed by atoms with Gasteiger partial charge in [-0.3, -0.25) is 14.3 Å². The van der Waals surface area contributed by atoms with Crippen LogP contribution in [0.4, 0.5) is 0 Å². The average Bonchev–Trinajstić information content (AvgIpc) is 3.29. The van der Waals surface area contributed by atoms with Gasteiger partial charge >= 0.3 is 0 Å². The third kappa shape index (κ3) is 5.29. The van der Waals surface area contributed by atoms with Crippen molar-refractivity contribution in [3.05, 3.63) is 54.4 Å². The van der Waals surface area contributed by atoms with Gasteiger partial charge in [0.05, 0.1) is 5.92 Å². The zero-order valence-corrected chi connectivity index (χ0v) is 17.7. The van der Waals surface area contributed by atoms with Gasteiger partial charge in [-0.15, -0.1) is 0 Å². The molecule has 1 aromatic carbocycles. The van der Waals surface area contributed by atoms with Crippen LogP contribution in [0.15, 0.2) is 48.8 Å². The number of amides is 2. The van der Waals surface area contributed by atoms with Gasteiger partial charge in [0.1, 0.15) is 0 Å². The number of rotatable bonds is 7. The van der Waals surface area contributed by atoms with Crippen LogP contribution in [0.25, 0.3) is 0 Å². The van der Waals surface area contributed by atoms with Crippen molar-refractivity contribution >= 4 is 11.8 Å². The minimum Gasteiger partial charge on any atom is -0.342 e. The van der Waals surface area contributed by atoms with Gasteiger partial charge in [-0.2, -0.15) is 5.10 Å². The zero-order valence-electron chi connectivity index (χ0n) is 17.7. The Bertz CT molecular complexity index is 813. The first kappa shape index (κ1) is 20.6. The third-order valence-electron chi connectivity index (χ3n) is 6.52. The fraction of sp³-hybridized carbons (Fsp3) is 0.542. The molecule has 1 atom stereocenters. The molecule has 1 aromatic heterocycles. The van der Waals surface area contributed by atoms with E-state index in [4.69, 9.17) is 0 Å². The molecule has 0 unspecified atom stereocenters. The van der Waals surface area contributed by atoms with Crippen molar-refractivity contribution in [3.8, 4) is 0 Å². The summed E-state index contributed by atoms with van der Waals surface area (Å²) in [5.74, 6) is 0.983. The standard InChI is InChI=1S/C24H32N4O2/c29-23-10-9-22(19-27(23)14-4-8-20-6-2-1-3-7-20)24(30)26-16-11-21(12-17-26)18-28-15-5-13-25-28/h1-3,5-7,13,15,21-22H,4,8-12,14,16-19H2/t22-/m0/s1. The van der Waals surface area contributed by atoms with Gasteiger partial charge in [0.2, 0.25) is 11.8 Å². The van der Waals surface area contributed by atoms with Crippen molar-refractivity contribution in [1.82, 2.24) is 19.6 Å². The first-order valence-electron chi connectivity index (χ1n) is 11.3. The lowest BCUT2D eigenvalue weighted by Gasteiger charge is -2.37. The molecule has 2 fully saturated rings. The summed E-state index contributed by atoms with van der Waals surface area (Å²) in [6, 6.07) is 12.3. The molecule has 2 amide bonds. The molecule has 0 N–H and O–H groups in total. The molecule has 4 rings (SSSR count). The Labute approximate surface area is 178 Å². The number of aromatic nitrogens is 2. The van der Waals surface area contributed by atoms with Crippen molar-refractivity contribution in [2.45, 2.75) is 45.1 Å². The second-order valence-corrected chi connectivity index (χ2v) is 8.66. The number of carbonyl (C=O) groups is 2. The van der Waals surface area contributed by atoms with Gasteiger partial charge in [0.25, 0.3) is 0 Å².